The van der Waals surface area contributed by atoms with E-state index in [0.29, 0.717) is 76.2 Å². The van der Waals surface area contributed by atoms with Gasteiger partial charge in [0.05, 0.1) is 25.0 Å². The standard InChI is InChI=1S/C24H18FN5O2.C16H11BrFN5O.C9H10O/c1-14-9-15(3-4-16(14)13-31)18-10-27-24(30-12-22(26-2)29-23(18)30)28-11-19-17-7-8-32-21(17)6-5-20(19)25;1-19-14-8-23-15(22-14)11(17)7-21-16(23)20-6-10-9-4-5-24-13(9)3-2-12(10)18;1-7-3-4-9(6-10)8(2)5-7/h3-6,9-10,12-13H,7-8,11H2,1H3,(H,27,28);2-3,7-8H,4-6H2,(H,20,21);3-6H,1-2H3. The van der Waals surface area contributed by atoms with E-state index in [9.17, 15) is 18.4 Å². The molecule has 66 heavy (non-hydrogen) atoms. The SMILES string of the molecule is Cc1ccc(C=O)c(C)c1.[C-]#[N+]c1cn2c(NCc3c(F)ccc4c3CCO4)ncc(-c3ccc(C=O)c(C)c3)c2n1.[C-]#[N+]c1cn2c(NCc3c(F)ccc4c3CCO4)ncc(Br)c2n1. The first-order valence-corrected chi connectivity index (χ1v) is 21.4. The van der Waals surface area contributed by atoms with Gasteiger partial charge >= 0.3 is 0 Å². The first-order chi connectivity index (χ1) is 32.0. The second-order valence-corrected chi connectivity index (χ2v) is 16.2. The van der Waals surface area contributed by atoms with Crippen molar-refractivity contribution in [2.75, 3.05) is 23.8 Å². The van der Waals surface area contributed by atoms with Crippen molar-refractivity contribution >= 4 is 63.3 Å². The van der Waals surface area contributed by atoms with Crippen molar-refractivity contribution in [3.05, 3.63) is 174 Å². The van der Waals surface area contributed by atoms with E-state index in [1.54, 1.807) is 51.8 Å². The van der Waals surface area contributed by atoms with Crippen LogP contribution in [-0.2, 0) is 25.9 Å². The maximum Gasteiger partial charge on any atom is 0.288 e. The van der Waals surface area contributed by atoms with Gasteiger partial charge in [-0.15, -0.1) is 0 Å². The molecule has 2 aliphatic heterocycles. The first kappa shape index (κ1) is 44.6. The zero-order chi connectivity index (χ0) is 46.5. The highest BCUT2D eigenvalue weighted by Gasteiger charge is 2.23. The van der Waals surface area contributed by atoms with Crippen molar-refractivity contribution in [1.82, 2.24) is 28.7 Å². The number of fused-ring (bicyclic) bond motifs is 4. The van der Waals surface area contributed by atoms with Crippen molar-refractivity contribution in [2.45, 2.75) is 46.7 Å². The normalized spacial score (nSPS) is 12.0. The molecule has 0 spiro atoms. The third-order valence-corrected chi connectivity index (χ3v) is 11.7. The maximum absolute atomic E-state index is 14.5. The monoisotopic (exact) mass is 948 g/mol. The van der Waals surface area contributed by atoms with E-state index in [1.165, 1.54) is 17.7 Å². The molecule has 10 rings (SSSR count). The van der Waals surface area contributed by atoms with Crippen LogP contribution < -0.4 is 20.1 Å². The number of nitrogens with zero attached hydrogens (tertiary/aromatic N) is 8. The fourth-order valence-corrected chi connectivity index (χ4v) is 8.14. The number of anilines is 2. The van der Waals surface area contributed by atoms with Crippen molar-refractivity contribution < 1.29 is 27.8 Å². The molecule has 0 unspecified atom stereocenters. The van der Waals surface area contributed by atoms with E-state index >= 15 is 0 Å². The fraction of sp³-hybridized carbons (Fsp3) is 0.184. The second-order valence-electron chi connectivity index (χ2n) is 15.3. The number of rotatable bonds is 9. The van der Waals surface area contributed by atoms with Gasteiger partial charge in [-0.05, 0) is 77.7 Å². The summed E-state index contributed by atoms with van der Waals surface area (Å²) in [7, 11) is 0. The molecule has 0 atom stereocenters. The van der Waals surface area contributed by atoms with Crippen LogP contribution >= 0.6 is 15.9 Å². The Balaban J connectivity index is 0.000000153. The molecule has 2 N–H and O–H groups in total. The number of carbonyl (C=O) groups is 2. The molecule has 0 saturated heterocycles. The average Bonchev–Trinajstić information content (AvgIpc) is 4.16. The molecule has 0 fully saturated rings. The number of nitrogens with one attached hydrogen (secondary N) is 2. The van der Waals surface area contributed by atoms with Gasteiger partial charge in [0.1, 0.15) is 40.2 Å². The molecule has 4 aromatic carbocycles. The number of hydrogen-bond donors (Lipinski definition) is 2. The molecule has 4 aromatic heterocycles. The molecule has 0 amide bonds. The first-order valence-electron chi connectivity index (χ1n) is 20.6. The van der Waals surface area contributed by atoms with Gasteiger partial charge in [0.25, 0.3) is 11.6 Å². The lowest BCUT2D eigenvalue weighted by Gasteiger charge is -2.12. The van der Waals surface area contributed by atoms with Crippen LogP contribution in [0.1, 0.15) is 59.7 Å². The Morgan fingerprint density at radius 2 is 1.23 bits per heavy atom. The summed E-state index contributed by atoms with van der Waals surface area (Å²) in [5.41, 5.74) is 10.1. The van der Waals surface area contributed by atoms with Gasteiger partial charge in [0.2, 0.25) is 23.2 Å². The second kappa shape index (κ2) is 19.4. The summed E-state index contributed by atoms with van der Waals surface area (Å²) in [6.07, 6.45) is 9.52. The highest BCUT2D eigenvalue weighted by molar-refractivity contribution is 9.10. The Kier molecular flexibility index (Phi) is 13.1. The van der Waals surface area contributed by atoms with Crippen LogP contribution in [0.25, 0.3) is 32.1 Å². The molecule has 6 heterocycles. The molecule has 14 nitrogen and oxygen atoms in total. The van der Waals surface area contributed by atoms with Gasteiger partial charge in [0, 0.05) is 77.9 Å². The van der Waals surface area contributed by atoms with Gasteiger partial charge in [0.15, 0.2) is 0 Å². The lowest BCUT2D eigenvalue weighted by molar-refractivity contribution is 0.111. The topological polar surface area (TPSA) is 146 Å². The van der Waals surface area contributed by atoms with Crippen LogP contribution in [0, 0.1) is 45.5 Å². The minimum Gasteiger partial charge on any atom is -0.493 e. The molecular formula is C49H39BrF2N10O4. The number of benzene rings is 4. The van der Waals surface area contributed by atoms with Crippen LogP contribution in [0.3, 0.4) is 0 Å². The van der Waals surface area contributed by atoms with Crippen molar-refractivity contribution in [3.8, 4) is 22.6 Å². The van der Waals surface area contributed by atoms with Gasteiger partial charge in [-0.25, -0.2) is 18.7 Å². The van der Waals surface area contributed by atoms with E-state index in [-0.39, 0.29) is 36.4 Å². The predicted octanol–water partition coefficient (Wildman–Crippen LogP) is 10.6. The van der Waals surface area contributed by atoms with Crippen molar-refractivity contribution in [1.29, 1.82) is 0 Å². The smallest absolute Gasteiger partial charge is 0.288 e. The average molecular weight is 950 g/mol. The van der Waals surface area contributed by atoms with Crippen molar-refractivity contribution in [3.63, 3.8) is 0 Å². The zero-order valence-electron chi connectivity index (χ0n) is 35.8. The minimum atomic E-state index is -0.298. The van der Waals surface area contributed by atoms with Crippen molar-refractivity contribution in [2.24, 2.45) is 0 Å². The quantitative estimate of drug-likeness (QED) is 0.106. The lowest BCUT2D eigenvalue weighted by Crippen LogP contribution is -2.09. The highest BCUT2D eigenvalue weighted by atomic mass is 79.9. The van der Waals surface area contributed by atoms with E-state index in [1.807, 2.05) is 51.1 Å². The minimum absolute atomic E-state index is 0.221. The molecule has 2 aliphatic rings. The maximum atomic E-state index is 14.5. The van der Waals surface area contributed by atoms with Crippen LogP contribution in [0.2, 0.25) is 0 Å². The molecule has 330 valence electrons. The summed E-state index contributed by atoms with van der Waals surface area (Å²) in [6, 6.07) is 17.4. The number of aromatic nitrogens is 6. The van der Waals surface area contributed by atoms with Gasteiger partial charge in [-0.3, -0.25) is 18.4 Å². The molecule has 0 aliphatic carbocycles. The number of imidazole rings is 2. The summed E-state index contributed by atoms with van der Waals surface area (Å²) in [6.45, 7) is 21.9. The van der Waals surface area contributed by atoms with Crippen LogP contribution in [0.4, 0.5) is 32.3 Å². The lowest BCUT2D eigenvalue weighted by atomic mass is 10.0. The summed E-state index contributed by atoms with van der Waals surface area (Å²) in [5.74, 6) is 2.31. The highest BCUT2D eigenvalue weighted by Crippen LogP contribution is 2.34. The molecule has 0 radical (unpaired) electrons. The number of ether oxygens (including phenoxy) is 2. The zero-order valence-corrected chi connectivity index (χ0v) is 37.4. The van der Waals surface area contributed by atoms with E-state index in [4.69, 9.17) is 22.6 Å². The van der Waals surface area contributed by atoms with Crippen LogP contribution in [0.5, 0.6) is 11.5 Å². The third kappa shape index (κ3) is 9.15. The Morgan fingerprint density at radius 1 is 0.712 bits per heavy atom. The Hall–Kier alpha value is -8.02. The summed E-state index contributed by atoms with van der Waals surface area (Å²) >= 11 is 3.37. The Bertz CT molecular complexity index is 3280. The summed E-state index contributed by atoms with van der Waals surface area (Å²) < 4.78 is 43.8. The van der Waals surface area contributed by atoms with Gasteiger partial charge in [-0.1, -0.05) is 65.1 Å². The number of aryl methyl sites for hydroxylation is 3. The molecule has 17 heteroatoms. The summed E-state index contributed by atoms with van der Waals surface area (Å²) in [4.78, 5) is 45.7. The van der Waals surface area contributed by atoms with E-state index in [2.05, 4.69) is 56.2 Å². The third-order valence-electron chi connectivity index (χ3n) is 11.1. The molecule has 8 aromatic rings. The van der Waals surface area contributed by atoms with Crippen LogP contribution in [0.15, 0.2) is 89.9 Å². The van der Waals surface area contributed by atoms with E-state index in [0.717, 1.165) is 57.3 Å². The largest absolute Gasteiger partial charge is 0.493 e. The Morgan fingerprint density at radius 3 is 1.76 bits per heavy atom. The molecular weight excluding hydrogens is 911 g/mol. The van der Waals surface area contributed by atoms with Crippen LogP contribution in [-0.4, -0.2) is 54.5 Å². The van der Waals surface area contributed by atoms with Gasteiger partial charge in [-0.2, -0.15) is 0 Å². The fourth-order valence-electron chi connectivity index (χ4n) is 7.75. The number of carbonyl (C=O) groups excluding carboxylic acids is 2. The number of hydrogen-bond acceptors (Lipinski definition) is 10. The number of aldehydes is 2. The predicted molar refractivity (Wildman–Crippen MR) is 249 cm³/mol. The molecule has 0 saturated carbocycles. The molecule has 0 bridgehead atoms. The number of halogens is 3. The van der Waals surface area contributed by atoms with Gasteiger partial charge < -0.3 is 29.8 Å². The summed E-state index contributed by atoms with van der Waals surface area (Å²) in [5, 5.41) is 6.32. The van der Waals surface area contributed by atoms with E-state index < -0.39 is 0 Å². The Labute approximate surface area is 386 Å².